The minimum atomic E-state index is -0.161. The van der Waals surface area contributed by atoms with Crippen LogP contribution in [0.2, 0.25) is 0 Å². The number of amides is 1. The summed E-state index contributed by atoms with van der Waals surface area (Å²) in [6.45, 7) is 6.40. The number of benzene rings is 1. The molecule has 0 atom stereocenters. The van der Waals surface area contributed by atoms with Crippen molar-refractivity contribution < 1.29 is 14.3 Å². The lowest BCUT2D eigenvalue weighted by Crippen LogP contribution is -2.11. The second-order valence-corrected chi connectivity index (χ2v) is 8.62. The molecule has 3 aromatic rings. The minimum Gasteiger partial charge on any atom is -0.454 e. The number of carbonyl (C=O) groups is 1. The van der Waals surface area contributed by atoms with E-state index in [1.165, 1.54) is 22.7 Å². The van der Waals surface area contributed by atoms with E-state index in [9.17, 15) is 4.79 Å². The zero-order chi connectivity index (χ0) is 19.0. The van der Waals surface area contributed by atoms with Crippen LogP contribution in [0.15, 0.2) is 23.6 Å². The van der Waals surface area contributed by atoms with Crippen molar-refractivity contribution >= 4 is 33.7 Å². The molecule has 0 saturated heterocycles. The second kappa shape index (κ2) is 7.28. The highest BCUT2D eigenvalue weighted by Gasteiger charge is 2.18. The average Bonchev–Trinajstić information content (AvgIpc) is 3.33. The third-order valence-electron chi connectivity index (χ3n) is 4.02. The molecule has 0 bridgehead atoms. The number of aryl methyl sites for hydroxylation is 1. The van der Waals surface area contributed by atoms with Gasteiger partial charge in [-0.3, -0.25) is 10.1 Å². The molecule has 0 radical (unpaired) electrons. The Morgan fingerprint density at radius 1 is 1.26 bits per heavy atom. The van der Waals surface area contributed by atoms with Gasteiger partial charge in [-0.2, -0.15) is 0 Å². The van der Waals surface area contributed by atoms with Crippen LogP contribution in [0.3, 0.4) is 0 Å². The van der Waals surface area contributed by atoms with Crippen molar-refractivity contribution in [2.24, 2.45) is 5.92 Å². The zero-order valence-electron chi connectivity index (χ0n) is 15.2. The van der Waals surface area contributed by atoms with Crippen molar-refractivity contribution in [3.63, 3.8) is 0 Å². The van der Waals surface area contributed by atoms with Gasteiger partial charge in [-0.15, -0.1) is 22.7 Å². The SMILES string of the molecule is Cc1nc(CC(C)C)sc1C(=O)Nc1nc(-c2ccc3c(c2)OCO3)cs1. The average molecular weight is 402 g/mol. The van der Waals surface area contributed by atoms with Gasteiger partial charge in [0.2, 0.25) is 6.79 Å². The van der Waals surface area contributed by atoms with Crippen molar-refractivity contribution in [3.8, 4) is 22.8 Å². The van der Waals surface area contributed by atoms with Crippen LogP contribution in [0.4, 0.5) is 5.13 Å². The Bertz CT molecular complexity index is 994. The van der Waals surface area contributed by atoms with Crippen molar-refractivity contribution in [1.82, 2.24) is 9.97 Å². The van der Waals surface area contributed by atoms with Crippen LogP contribution in [0, 0.1) is 12.8 Å². The summed E-state index contributed by atoms with van der Waals surface area (Å²) in [6, 6.07) is 5.69. The van der Waals surface area contributed by atoms with E-state index in [0.29, 0.717) is 21.7 Å². The first-order chi connectivity index (χ1) is 13.0. The number of hydrogen-bond acceptors (Lipinski definition) is 7. The van der Waals surface area contributed by atoms with E-state index in [1.54, 1.807) is 0 Å². The highest BCUT2D eigenvalue weighted by molar-refractivity contribution is 7.15. The van der Waals surface area contributed by atoms with Crippen molar-refractivity contribution in [3.05, 3.63) is 39.2 Å². The summed E-state index contributed by atoms with van der Waals surface area (Å²) in [6.07, 6.45) is 0.879. The predicted molar refractivity (Wildman–Crippen MR) is 107 cm³/mol. The fraction of sp³-hybridized carbons (Fsp3) is 0.316. The van der Waals surface area contributed by atoms with Crippen LogP contribution in [0.1, 0.15) is 34.2 Å². The highest BCUT2D eigenvalue weighted by atomic mass is 32.1. The Kier molecular flexibility index (Phi) is 4.84. The maximum absolute atomic E-state index is 12.6. The van der Waals surface area contributed by atoms with Crippen LogP contribution in [0.5, 0.6) is 11.5 Å². The first-order valence-electron chi connectivity index (χ1n) is 8.63. The summed E-state index contributed by atoms with van der Waals surface area (Å²) < 4.78 is 10.7. The molecule has 0 fully saturated rings. The minimum absolute atomic E-state index is 0.161. The van der Waals surface area contributed by atoms with Gasteiger partial charge in [0.15, 0.2) is 16.6 Å². The van der Waals surface area contributed by atoms with Gasteiger partial charge in [-0.1, -0.05) is 13.8 Å². The quantitative estimate of drug-likeness (QED) is 0.668. The first-order valence-corrected chi connectivity index (χ1v) is 10.3. The molecule has 1 aliphatic rings. The second-order valence-electron chi connectivity index (χ2n) is 6.68. The lowest BCUT2D eigenvalue weighted by atomic mass is 10.1. The standard InChI is InChI=1S/C19H19N3O3S2/c1-10(2)6-16-20-11(3)17(27-16)18(23)22-19-21-13(8-26-19)12-4-5-14-15(7-12)25-9-24-14/h4-5,7-8,10H,6,9H2,1-3H3,(H,21,22,23). The van der Waals surface area contributed by atoms with Crippen LogP contribution in [-0.4, -0.2) is 22.7 Å². The van der Waals surface area contributed by atoms with E-state index in [4.69, 9.17) is 9.47 Å². The van der Waals surface area contributed by atoms with Gasteiger partial charge in [0.05, 0.1) is 16.4 Å². The summed E-state index contributed by atoms with van der Waals surface area (Å²) in [5, 5.41) is 6.36. The van der Waals surface area contributed by atoms with Crippen LogP contribution in [-0.2, 0) is 6.42 Å². The zero-order valence-corrected chi connectivity index (χ0v) is 16.9. The van der Waals surface area contributed by atoms with Gasteiger partial charge in [0.25, 0.3) is 5.91 Å². The van der Waals surface area contributed by atoms with E-state index >= 15 is 0 Å². The Hall–Kier alpha value is -2.45. The molecule has 2 aromatic heterocycles. The Balaban J connectivity index is 1.49. The number of nitrogens with one attached hydrogen (secondary N) is 1. The molecule has 140 valence electrons. The fourth-order valence-corrected chi connectivity index (χ4v) is 4.66. The third-order valence-corrected chi connectivity index (χ3v) is 5.96. The summed E-state index contributed by atoms with van der Waals surface area (Å²) in [5.74, 6) is 1.80. The maximum Gasteiger partial charge on any atom is 0.269 e. The summed E-state index contributed by atoms with van der Waals surface area (Å²) in [4.78, 5) is 22.3. The van der Waals surface area contributed by atoms with Gasteiger partial charge in [-0.25, -0.2) is 9.97 Å². The number of fused-ring (bicyclic) bond motifs is 1. The first kappa shape index (κ1) is 17.9. The summed E-state index contributed by atoms with van der Waals surface area (Å²) >= 11 is 2.85. The number of rotatable bonds is 5. The third kappa shape index (κ3) is 3.81. The molecule has 6 nitrogen and oxygen atoms in total. The van der Waals surface area contributed by atoms with Gasteiger partial charge in [0.1, 0.15) is 4.88 Å². The lowest BCUT2D eigenvalue weighted by Gasteiger charge is -2.01. The van der Waals surface area contributed by atoms with Gasteiger partial charge < -0.3 is 9.47 Å². The van der Waals surface area contributed by atoms with Gasteiger partial charge in [0, 0.05) is 17.4 Å². The van der Waals surface area contributed by atoms with Crippen molar-refractivity contribution in [1.29, 1.82) is 0 Å². The van der Waals surface area contributed by atoms with Crippen molar-refractivity contribution in [2.45, 2.75) is 27.2 Å². The van der Waals surface area contributed by atoms with E-state index in [1.807, 2.05) is 30.5 Å². The molecule has 1 aromatic carbocycles. The van der Waals surface area contributed by atoms with Gasteiger partial charge >= 0.3 is 0 Å². The molecule has 0 saturated carbocycles. The number of thiazole rings is 2. The van der Waals surface area contributed by atoms with E-state index in [2.05, 4.69) is 29.1 Å². The molecule has 8 heteroatoms. The Morgan fingerprint density at radius 2 is 2.07 bits per heavy atom. The molecule has 0 spiro atoms. The van der Waals surface area contributed by atoms with Crippen LogP contribution >= 0.6 is 22.7 Å². The number of ether oxygens (including phenoxy) is 2. The van der Waals surface area contributed by atoms with Crippen molar-refractivity contribution in [2.75, 3.05) is 12.1 Å². The molecular weight excluding hydrogens is 382 g/mol. The highest BCUT2D eigenvalue weighted by Crippen LogP contribution is 2.36. The Labute approximate surface area is 165 Å². The molecular formula is C19H19N3O3S2. The summed E-state index contributed by atoms with van der Waals surface area (Å²) in [5.41, 5.74) is 2.47. The van der Waals surface area contributed by atoms with E-state index < -0.39 is 0 Å². The lowest BCUT2D eigenvalue weighted by molar-refractivity contribution is 0.103. The topological polar surface area (TPSA) is 73.3 Å². The molecule has 1 aliphatic heterocycles. The van der Waals surface area contributed by atoms with Crippen LogP contribution in [0.25, 0.3) is 11.3 Å². The monoisotopic (exact) mass is 401 g/mol. The number of nitrogens with zero attached hydrogens (tertiary/aromatic N) is 2. The molecule has 27 heavy (non-hydrogen) atoms. The molecule has 4 rings (SSSR count). The number of hydrogen-bond donors (Lipinski definition) is 1. The van der Waals surface area contributed by atoms with E-state index in [-0.39, 0.29) is 12.7 Å². The smallest absolute Gasteiger partial charge is 0.269 e. The maximum atomic E-state index is 12.6. The molecule has 0 unspecified atom stereocenters. The molecule has 0 aliphatic carbocycles. The molecule has 3 heterocycles. The predicted octanol–water partition coefficient (Wildman–Crippen LogP) is 4.75. The van der Waals surface area contributed by atoms with Crippen LogP contribution < -0.4 is 14.8 Å². The molecule has 1 N–H and O–H groups in total. The number of aromatic nitrogens is 2. The van der Waals surface area contributed by atoms with E-state index in [0.717, 1.165) is 34.1 Å². The van der Waals surface area contributed by atoms with Gasteiger partial charge in [-0.05, 0) is 31.0 Å². The normalized spacial score (nSPS) is 12.6. The molecule has 1 amide bonds. The largest absolute Gasteiger partial charge is 0.454 e. The number of carbonyl (C=O) groups excluding carboxylic acids is 1. The fourth-order valence-electron chi connectivity index (χ4n) is 2.77. The Morgan fingerprint density at radius 3 is 2.89 bits per heavy atom. The number of anilines is 1. The summed E-state index contributed by atoms with van der Waals surface area (Å²) in [7, 11) is 0.